The second kappa shape index (κ2) is 6.11. The molecule has 98 valence electrons. The molecule has 0 saturated carbocycles. The minimum atomic E-state index is 0.177. The highest BCUT2D eigenvalue weighted by molar-refractivity contribution is 7.99. The predicted octanol–water partition coefficient (Wildman–Crippen LogP) is 1.74. The second-order valence-electron chi connectivity index (χ2n) is 4.08. The van der Waals surface area contributed by atoms with Crippen molar-refractivity contribution < 1.29 is 9.53 Å². The zero-order valence-electron chi connectivity index (χ0n) is 10.7. The van der Waals surface area contributed by atoms with Gasteiger partial charge < -0.3 is 15.0 Å². The van der Waals surface area contributed by atoms with E-state index < -0.39 is 0 Å². The van der Waals surface area contributed by atoms with Gasteiger partial charge in [-0.05, 0) is 25.2 Å². The summed E-state index contributed by atoms with van der Waals surface area (Å²) in [6, 6.07) is 5.87. The molecule has 0 radical (unpaired) electrons. The number of hydrogen-bond donors (Lipinski definition) is 1. The molecule has 1 N–H and O–H groups in total. The SMILES string of the molecule is CNCCC(=O)N1CCSc2cc(OC)ccc21. The molecule has 4 nitrogen and oxygen atoms in total. The summed E-state index contributed by atoms with van der Waals surface area (Å²) in [5, 5.41) is 3.01. The molecule has 1 heterocycles. The fraction of sp³-hybridized carbons (Fsp3) is 0.462. The number of nitrogens with zero attached hydrogens (tertiary/aromatic N) is 1. The van der Waals surface area contributed by atoms with Gasteiger partial charge in [-0.1, -0.05) is 0 Å². The van der Waals surface area contributed by atoms with Crippen molar-refractivity contribution in [3.63, 3.8) is 0 Å². The van der Waals surface area contributed by atoms with Gasteiger partial charge in [-0.3, -0.25) is 4.79 Å². The Morgan fingerprint density at radius 1 is 1.56 bits per heavy atom. The maximum Gasteiger partial charge on any atom is 0.228 e. The van der Waals surface area contributed by atoms with Gasteiger partial charge in [-0.2, -0.15) is 0 Å². The second-order valence-corrected chi connectivity index (χ2v) is 5.22. The summed E-state index contributed by atoms with van der Waals surface area (Å²) in [4.78, 5) is 15.1. The molecule has 0 atom stereocenters. The molecule has 0 unspecified atom stereocenters. The van der Waals surface area contributed by atoms with Crippen LogP contribution in [0.2, 0.25) is 0 Å². The zero-order valence-corrected chi connectivity index (χ0v) is 11.5. The monoisotopic (exact) mass is 266 g/mol. The predicted molar refractivity (Wildman–Crippen MR) is 74.6 cm³/mol. The number of ether oxygens (including phenoxy) is 1. The van der Waals surface area contributed by atoms with E-state index in [1.54, 1.807) is 18.9 Å². The first-order valence-corrected chi connectivity index (χ1v) is 7.00. The maximum absolute atomic E-state index is 12.1. The average molecular weight is 266 g/mol. The topological polar surface area (TPSA) is 41.6 Å². The van der Waals surface area contributed by atoms with Crippen LogP contribution in [-0.4, -0.2) is 38.9 Å². The van der Waals surface area contributed by atoms with Crippen LogP contribution in [0.4, 0.5) is 5.69 Å². The van der Waals surface area contributed by atoms with Crippen LogP contribution in [0.5, 0.6) is 5.75 Å². The zero-order chi connectivity index (χ0) is 13.0. The molecule has 2 rings (SSSR count). The third kappa shape index (κ3) is 2.79. The molecule has 1 amide bonds. The molecule has 0 spiro atoms. The molecule has 0 bridgehead atoms. The highest BCUT2D eigenvalue weighted by atomic mass is 32.2. The molecular weight excluding hydrogens is 248 g/mol. The van der Waals surface area contributed by atoms with E-state index in [1.807, 2.05) is 30.1 Å². The Bertz CT molecular complexity index is 437. The van der Waals surface area contributed by atoms with Gasteiger partial charge >= 0.3 is 0 Å². The van der Waals surface area contributed by atoms with Crippen molar-refractivity contribution >= 4 is 23.4 Å². The van der Waals surface area contributed by atoms with Gasteiger partial charge in [-0.15, -0.1) is 11.8 Å². The van der Waals surface area contributed by atoms with E-state index in [-0.39, 0.29) is 5.91 Å². The van der Waals surface area contributed by atoms with Crippen LogP contribution < -0.4 is 15.0 Å². The van der Waals surface area contributed by atoms with Gasteiger partial charge in [0.05, 0.1) is 12.8 Å². The van der Waals surface area contributed by atoms with Gasteiger partial charge in [0.15, 0.2) is 0 Å². The third-order valence-electron chi connectivity index (χ3n) is 2.92. The first kappa shape index (κ1) is 13.2. The number of fused-ring (bicyclic) bond motifs is 1. The summed E-state index contributed by atoms with van der Waals surface area (Å²) in [5.41, 5.74) is 1.01. The molecule has 0 aromatic heterocycles. The number of rotatable bonds is 4. The molecule has 5 heteroatoms. The van der Waals surface area contributed by atoms with Crippen molar-refractivity contribution in [1.29, 1.82) is 0 Å². The van der Waals surface area contributed by atoms with E-state index in [0.29, 0.717) is 13.0 Å². The Labute approximate surface area is 112 Å². The van der Waals surface area contributed by atoms with E-state index in [9.17, 15) is 4.79 Å². The van der Waals surface area contributed by atoms with Gasteiger partial charge in [-0.25, -0.2) is 0 Å². The number of anilines is 1. The highest BCUT2D eigenvalue weighted by Gasteiger charge is 2.22. The standard InChI is InChI=1S/C13H18N2O2S/c1-14-6-5-13(16)15-7-8-18-12-9-10(17-2)3-4-11(12)15/h3-4,9,14H,5-8H2,1-2H3. The van der Waals surface area contributed by atoms with E-state index in [4.69, 9.17) is 4.74 Å². The molecule has 1 aliphatic heterocycles. The van der Waals surface area contributed by atoms with Crippen LogP contribution in [-0.2, 0) is 4.79 Å². The van der Waals surface area contributed by atoms with Gasteiger partial charge in [0.25, 0.3) is 0 Å². The van der Waals surface area contributed by atoms with Crippen LogP contribution in [0.3, 0.4) is 0 Å². The van der Waals surface area contributed by atoms with Crippen molar-refractivity contribution in [3.05, 3.63) is 18.2 Å². The van der Waals surface area contributed by atoms with E-state index >= 15 is 0 Å². The molecular formula is C13H18N2O2S. The molecule has 1 aliphatic rings. The van der Waals surface area contributed by atoms with Crippen LogP contribution in [0.15, 0.2) is 23.1 Å². The van der Waals surface area contributed by atoms with Crippen molar-refractivity contribution in [2.45, 2.75) is 11.3 Å². The van der Waals surface area contributed by atoms with Crippen LogP contribution in [0.25, 0.3) is 0 Å². The van der Waals surface area contributed by atoms with Crippen LogP contribution >= 0.6 is 11.8 Å². The number of hydrogen-bond acceptors (Lipinski definition) is 4. The quantitative estimate of drug-likeness (QED) is 0.901. The number of nitrogens with one attached hydrogen (secondary N) is 1. The lowest BCUT2D eigenvalue weighted by Gasteiger charge is -2.29. The van der Waals surface area contributed by atoms with Gasteiger partial charge in [0.1, 0.15) is 5.75 Å². The Hall–Kier alpha value is -1.20. The number of amides is 1. The molecule has 0 saturated heterocycles. The number of thioether (sulfide) groups is 1. The fourth-order valence-corrected chi connectivity index (χ4v) is 2.97. The normalized spacial score (nSPS) is 14.2. The van der Waals surface area contributed by atoms with Crippen molar-refractivity contribution in [3.8, 4) is 5.75 Å². The summed E-state index contributed by atoms with van der Waals surface area (Å²) in [6.07, 6.45) is 0.534. The molecule has 0 aliphatic carbocycles. The van der Waals surface area contributed by atoms with Crippen molar-refractivity contribution in [2.24, 2.45) is 0 Å². The summed E-state index contributed by atoms with van der Waals surface area (Å²) >= 11 is 1.77. The highest BCUT2D eigenvalue weighted by Crippen LogP contribution is 2.37. The van der Waals surface area contributed by atoms with Crippen LogP contribution in [0.1, 0.15) is 6.42 Å². The average Bonchev–Trinajstić information content (AvgIpc) is 2.43. The van der Waals surface area contributed by atoms with E-state index in [1.165, 1.54) is 0 Å². The van der Waals surface area contributed by atoms with E-state index in [2.05, 4.69) is 5.32 Å². The first-order chi connectivity index (χ1) is 8.76. The summed E-state index contributed by atoms with van der Waals surface area (Å²) in [6.45, 7) is 1.50. The lowest BCUT2D eigenvalue weighted by molar-refractivity contribution is -0.118. The first-order valence-electron chi connectivity index (χ1n) is 6.02. The molecule has 18 heavy (non-hydrogen) atoms. The van der Waals surface area contributed by atoms with Crippen molar-refractivity contribution in [2.75, 3.05) is 37.9 Å². The largest absolute Gasteiger partial charge is 0.497 e. The Balaban J connectivity index is 2.19. The van der Waals surface area contributed by atoms with Gasteiger partial charge in [0.2, 0.25) is 5.91 Å². The van der Waals surface area contributed by atoms with Crippen molar-refractivity contribution in [1.82, 2.24) is 5.32 Å². The summed E-state index contributed by atoms with van der Waals surface area (Å²) in [7, 11) is 3.52. The molecule has 1 aromatic carbocycles. The molecule has 0 fully saturated rings. The summed E-state index contributed by atoms with van der Waals surface area (Å²) < 4.78 is 5.21. The minimum Gasteiger partial charge on any atom is -0.497 e. The van der Waals surface area contributed by atoms with Gasteiger partial charge in [0, 0.05) is 30.2 Å². The van der Waals surface area contributed by atoms with Crippen LogP contribution in [0, 0.1) is 0 Å². The smallest absolute Gasteiger partial charge is 0.228 e. The molecule has 1 aromatic rings. The number of carbonyl (C=O) groups excluding carboxylic acids is 1. The Morgan fingerprint density at radius 3 is 3.11 bits per heavy atom. The lowest BCUT2D eigenvalue weighted by atomic mass is 10.2. The lowest BCUT2D eigenvalue weighted by Crippen LogP contribution is -2.36. The third-order valence-corrected chi connectivity index (χ3v) is 3.94. The maximum atomic E-state index is 12.1. The Morgan fingerprint density at radius 2 is 2.39 bits per heavy atom. The number of carbonyl (C=O) groups is 1. The fourth-order valence-electron chi connectivity index (χ4n) is 1.95. The minimum absolute atomic E-state index is 0.177. The number of methoxy groups -OCH3 is 1. The summed E-state index contributed by atoms with van der Waals surface area (Å²) in [5.74, 6) is 1.95. The Kier molecular flexibility index (Phi) is 4.49. The van der Waals surface area contributed by atoms with E-state index in [0.717, 1.165) is 28.6 Å². The number of benzene rings is 1.